The van der Waals surface area contributed by atoms with E-state index in [9.17, 15) is 13.2 Å². The minimum absolute atomic E-state index is 0.0238. The third-order valence-electron chi connectivity index (χ3n) is 4.41. The minimum Gasteiger partial charge on any atom is -0.350 e. The summed E-state index contributed by atoms with van der Waals surface area (Å²) in [5, 5.41) is 2.90. The smallest absolute Gasteiger partial charge is 0.251 e. The maximum atomic E-state index is 12.5. The van der Waals surface area contributed by atoms with Crippen LogP contribution in [-0.4, -0.2) is 62.8 Å². The van der Waals surface area contributed by atoms with Crippen molar-refractivity contribution in [2.24, 2.45) is 0 Å². The molecule has 1 aromatic rings. The molecule has 1 saturated heterocycles. The van der Waals surface area contributed by atoms with E-state index in [2.05, 4.69) is 10.2 Å². The monoisotopic (exact) mass is 353 g/mol. The van der Waals surface area contributed by atoms with Crippen LogP contribution in [0, 0.1) is 0 Å². The van der Waals surface area contributed by atoms with Gasteiger partial charge in [-0.15, -0.1) is 0 Å². The molecule has 7 heteroatoms. The van der Waals surface area contributed by atoms with Crippen LogP contribution < -0.4 is 5.32 Å². The number of sulfonamides is 1. The molecule has 1 N–H and O–H groups in total. The van der Waals surface area contributed by atoms with E-state index in [0.29, 0.717) is 24.2 Å². The van der Waals surface area contributed by atoms with Crippen LogP contribution in [0.3, 0.4) is 0 Å². The molecule has 6 nitrogen and oxygen atoms in total. The van der Waals surface area contributed by atoms with Gasteiger partial charge in [-0.3, -0.25) is 4.79 Å². The van der Waals surface area contributed by atoms with Gasteiger partial charge in [0, 0.05) is 37.8 Å². The fourth-order valence-electron chi connectivity index (χ4n) is 2.53. The molecule has 2 rings (SSSR count). The van der Waals surface area contributed by atoms with Crippen molar-refractivity contribution in [1.82, 2.24) is 14.5 Å². The highest BCUT2D eigenvalue weighted by molar-refractivity contribution is 7.88. The molecule has 0 aromatic heterocycles. The highest BCUT2D eigenvalue weighted by atomic mass is 32.2. The molecule has 134 valence electrons. The van der Waals surface area contributed by atoms with Gasteiger partial charge in [-0.1, -0.05) is 19.1 Å². The lowest BCUT2D eigenvalue weighted by atomic mass is 10.1. The molecule has 24 heavy (non-hydrogen) atoms. The Kier molecular flexibility index (Phi) is 6.37. The van der Waals surface area contributed by atoms with Crippen molar-refractivity contribution >= 4 is 15.9 Å². The second-order valence-corrected chi connectivity index (χ2v) is 8.41. The number of carbonyl (C=O) groups excluding carboxylic acids is 1. The lowest BCUT2D eigenvalue weighted by Crippen LogP contribution is -2.47. The van der Waals surface area contributed by atoms with Crippen LogP contribution in [0.5, 0.6) is 0 Å². The van der Waals surface area contributed by atoms with E-state index in [-0.39, 0.29) is 17.7 Å². The molecule has 1 amide bonds. The van der Waals surface area contributed by atoms with Gasteiger partial charge >= 0.3 is 0 Å². The Bertz CT molecular complexity index is 650. The highest BCUT2D eigenvalue weighted by Gasteiger charge is 2.25. The number of piperazine rings is 1. The fraction of sp³-hybridized carbons (Fsp3) is 0.588. The number of benzene rings is 1. The van der Waals surface area contributed by atoms with Gasteiger partial charge in [-0.05, 0) is 38.1 Å². The van der Waals surface area contributed by atoms with Crippen LogP contribution in [-0.2, 0) is 15.8 Å². The number of carbonyl (C=O) groups is 1. The van der Waals surface area contributed by atoms with Crippen LogP contribution in [0.4, 0.5) is 0 Å². The van der Waals surface area contributed by atoms with Gasteiger partial charge in [0.1, 0.15) is 0 Å². The summed E-state index contributed by atoms with van der Waals surface area (Å²) in [6.07, 6.45) is 0.868. The Labute approximate surface area is 144 Å². The molecule has 0 spiro atoms. The predicted molar refractivity (Wildman–Crippen MR) is 95.4 cm³/mol. The third kappa shape index (κ3) is 5.03. The Morgan fingerprint density at radius 2 is 1.75 bits per heavy atom. The summed E-state index contributed by atoms with van der Waals surface area (Å²) >= 11 is 0. The van der Waals surface area contributed by atoms with Crippen LogP contribution in [0.15, 0.2) is 24.3 Å². The lowest BCUT2D eigenvalue weighted by Gasteiger charge is -2.31. The van der Waals surface area contributed by atoms with Crippen LogP contribution in [0.1, 0.15) is 36.2 Å². The quantitative estimate of drug-likeness (QED) is 0.837. The molecule has 1 atom stereocenters. The van der Waals surface area contributed by atoms with Gasteiger partial charge in [-0.2, -0.15) is 4.31 Å². The van der Waals surface area contributed by atoms with Crippen molar-refractivity contribution in [3.8, 4) is 0 Å². The first kappa shape index (κ1) is 18.9. The maximum absolute atomic E-state index is 12.5. The molecule has 0 bridgehead atoms. The number of likely N-dealkylation sites (N-methyl/N-ethyl adjacent to an activating group) is 1. The van der Waals surface area contributed by atoms with Crippen LogP contribution in [0.2, 0.25) is 0 Å². The van der Waals surface area contributed by atoms with Crippen molar-refractivity contribution in [2.75, 3.05) is 33.2 Å². The van der Waals surface area contributed by atoms with E-state index < -0.39 is 10.0 Å². The van der Waals surface area contributed by atoms with E-state index in [1.807, 2.05) is 20.9 Å². The second kappa shape index (κ2) is 8.09. The summed E-state index contributed by atoms with van der Waals surface area (Å²) in [5.41, 5.74) is 1.25. The largest absolute Gasteiger partial charge is 0.350 e. The summed E-state index contributed by atoms with van der Waals surface area (Å²) in [4.78, 5) is 14.2. The summed E-state index contributed by atoms with van der Waals surface area (Å²) in [6.45, 7) is 6.55. The molecular weight excluding hydrogens is 326 g/mol. The van der Waals surface area contributed by atoms with Crippen LogP contribution in [0.25, 0.3) is 0 Å². The van der Waals surface area contributed by atoms with E-state index in [4.69, 9.17) is 0 Å². The van der Waals surface area contributed by atoms with Crippen molar-refractivity contribution in [2.45, 2.75) is 32.1 Å². The second-order valence-electron chi connectivity index (χ2n) is 6.44. The topological polar surface area (TPSA) is 69.7 Å². The first-order valence-corrected chi connectivity index (χ1v) is 9.99. The summed E-state index contributed by atoms with van der Waals surface area (Å²) in [5.74, 6) is -0.151. The Morgan fingerprint density at radius 1 is 1.17 bits per heavy atom. The zero-order valence-electron chi connectivity index (χ0n) is 14.7. The number of hydrogen-bond acceptors (Lipinski definition) is 4. The fourth-order valence-corrected chi connectivity index (χ4v) is 4.05. The molecule has 1 fully saturated rings. The normalized spacial score (nSPS) is 18.3. The summed E-state index contributed by atoms with van der Waals surface area (Å²) in [7, 11) is -1.32. The Balaban J connectivity index is 1.99. The standard InChI is InChI=1S/C17H27N3O3S/c1-4-14(2)18-17(21)16-7-5-15(6-8-16)13-24(22,23)20-11-9-19(3)10-12-20/h5-8,14H,4,9-13H2,1-3H3,(H,18,21)/t14-/m0/s1. The Hall–Kier alpha value is -1.44. The maximum Gasteiger partial charge on any atom is 0.251 e. The zero-order chi connectivity index (χ0) is 17.7. The molecule has 1 aromatic carbocycles. The third-order valence-corrected chi connectivity index (χ3v) is 6.26. The molecule has 0 aliphatic carbocycles. The van der Waals surface area contributed by atoms with Gasteiger partial charge in [0.15, 0.2) is 0 Å². The van der Waals surface area contributed by atoms with Gasteiger partial charge in [0.25, 0.3) is 5.91 Å². The van der Waals surface area contributed by atoms with Crippen LogP contribution >= 0.6 is 0 Å². The molecule has 1 heterocycles. The zero-order valence-corrected chi connectivity index (χ0v) is 15.5. The summed E-state index contributed by atoms with van der Waals surface area (Å²) < 4.78 is 26.5. The molecule has 0 saturated carbocycles. The summed E-state index contributed by atoms with van der Waals surface area (Å²) in [6, 6.07) is 6.94. The number of nitrogens with one attached hydrogen (secondary N) is 1. The minimum atomic E-state index is -3.31. The molecule has 0 radical (unpaired) electrons. The van der Waals surface area contributed by atoms with E-state index in [1.165, 1.54) is 0 Å². The first-order chi connectivity index (χ1) is 11.3. The van der Waals surface area contributed by atoms with Gasteiger partial charge < -0.3 is 10.2 Å². The van der Waals surface area contributed by atoms with Gasteiger partial charge in [-0.25, -0.2) is 8.42 Å². The number of nitrogens with zero attached hydrogens (tertiary/aromatic N) is 2. The van der Waals surface area contributed by atoms with Crippen molar-refractivity contribution in [3.63, 3.8) is 0 Å². The van der Waals surface area contributed by atoms with E-state index >= 15 is 0 Å². The van der Waals surface area contributed by atoms with Crippen molar-refractivity contribution < 1.29 is 13.2 Å². The predicted octanol–water partition coefficient (Wildman–Crippen LogP) is 1.29. The molecule has 1 aliphatic rings. The lowest BCUT2D eigenvalue weighted by molar-refractivity contribution is 0.0939. The molecule has 0 unspecified atom stereocenters. The number of rotatable bonds is 6. The van der Waals surface area contributed by atoms with E-state index in [0.717, 1.165) is 19.5 Å². The average Bonchev–Trinajstić information content (AvgIpc) is 2.55. The number of amides is 1. The van der Waals surface area contributed by atoms with E-state index in [1.54, 1.807) is 28.6 Å². The SMILES string of the molecule is CC[C@H](C)NC(=O)c1ccc(CS(=O)(=O)N2CCN(C)CC2)cc1. The van der Waals surface area contributed by atoms with Crippen molar-refractivity contribution in [1.29, 1.82) is 0 Å². The first-order valence-electron chi connectivity index (χ1n) is 8.38. The molecular formula is C17H27N3O3S. The van der Waals surface area contributed by atoms with Gasteiger partial charge in [0.05, 0.1) is 5.75 Å². The van der Waals surface area contributed by atoms with Crippen molar-refractivity contribution in [3.05, 3.63) is 35.4 Å². The number of hydrogen-bond donors (Lipinski definition) is 1. The Morgan fingerprint density at radius 3 is 2.29 bits per heavy atom. The highest BCUT2D eigenvalue weighted by Crippen LogP contribution is 2.14. The van der Waals surface area contributed by atoms with Gasteiger partial charge in [0.2, 0.25) is 10.0 Å². The molecule has 1 aliphatic heterocycles. The average molecular weight is 353 g/mol.